The van der Waals surface area contributed by atoms with Crippen molar-refractivity contribution in [2.75, 3.05) is 38.2 Å². The predicted octanol–water partition coefficient (Wildman–Crippen LogP) is 4.02. The summed E-state index contributed by atoms with van der Waals surface area (Å²) in [5.74, 6) is 1.37. The zero-order valence-corrected chi connectivity index (χ0v) is 22.1. The standard InChI is InChI=1S/C25H35FN4O2.HI/c1-4-27-25(28-12-9-19-6-5-18(2)24(16-19)32-3)29-17-20-7-8-23(22(26)15-20)30-13-10-21(31)11-14-30;/h5-8,15-16,21,31H,4,9-14,17H2,1-3H3,(H2,27,28,29);1H. The minimum atomic E-state index is -0.270. The number of aliphatic imine (C=N–C) groups is 1. The Morgan fingerprint density at radius 1 is 1.15 bits per heavy atom. The summed E-state index contributed by atoms with van der Waals surface area (Å²) in [6, 6.07) is 11.5. The van der Waals surface area contributed by atoms with Gasteiger partial charge in [0.15, 0.2) is 5.96 Å². The van der Waals surface area contributed by atoms with Crippen LogP contribution in [0.4, 0.5) is 10.1 Å². The van der Waals surface area contributed by atoms with E-state index in [1.54, 1.807) is 13.2 Å². The van der Waals surface area contributed by atoms with Crippen LogP contribution < -0.4 is 20.3 Å². The molecule has 0 aromatic heterocycles. The molecule has 0 amide bonds. The summed E-state index contributed by atoms with van der Waals surface area (Å²) in [4.78, 5) is 6.61. The average Bonchev–Trinajstić information content (AvgIpc) is 2.79. The highest BCUT2D eigenvalue weighted by Crippen LogP contribution is 2.24. The number of aliphatic hydroxyl groups is 1. The van der Waals surface area contributed by atoms with Crippen molar-refractivity contribution in [2.45, 2.75) is 45.8 Å². The van der Waals surface area contributed by atoms with Gasteiger partial charge in [-0.15, -0.1) is 24.0 Å². The van der Waals surface area contributed by atoms with Crippen molar-refractivity contribution in [1.29, 1.82) is 0 Å². The Bertz CT molecular complexity index is 917. The van der Waals surface area contributed by atoms with Gasteiger partial charge in [-0.05, 0) is 68.0 Å². The minimum absolute atomic E-state index is 0. The van der Waals surface area contributed by atoms with E-state index in [-0.39, 0.29) is 35.9 Å². The number of benzene rings is 2. The Kier molecular flexibility index (Phi) is 11.2. The summed E-state index contributed by atoms with van der Waals surface area (Å²) in [5.41, 5.74) is 3.74. The van der Waals surface area contributed by atoms with Crippen LogP contribution in [0.2, 0.25) is 0 Å². The molecular weight excluding hydrogens is 534 g/mol. The number of aliphatic hydroxyl groups excluding tert-OH is 1. The third kappa shape index (κ3) is 8.03. The Morgan fingerprint density at radius 2 is 1.88 bits per heavy atom. The maximum absolute atomic E-state index is 14.7. The molecule has 0 atom stereocenters. The van der Waals surface area contributed by atoms with Gasteiger partial charge in [0.05, 0.1) is 25.4 Å². The van der Waals surface area contributed by atoms with Crippen molar-refractivity contribution in [1.82, 2.24) is 10.6 Å². The lowest BCUT2D eigenvalue weighted by Gasteiger charge is -2.31. The summed E-state index contributed by atoms with van der Waals surface area (Å²) >= 11 is 0. The molecule has 1 aliphatic heterocycles. The second kappa shape index (κ2) is 13.6. The van der Waals surface area contributed by atoms with Gasteiger partial charge in [-0.2, -0.15) is 0 Å². The van der Waals surface area contributed by atoms with E-state index in [4.69, 9.17) is 4.74 Å². The summed E-state index contributed by atoms with van der Waals surface area (Å²) in [6.07, 6.45) is 1.93. The second-order valence-corrected chi connectivity index (χ2v) is 8.18. The molecule has 1 saturated heterocycles. The number of anilines is 1. The van der Waals surface area contributed by atoms with Crippen LogP contribution in [0.15, 0.2) is 41.4 Å². The van der Waals surface area contributed by atoms with Crippen LogP contribution in [-0.4, -0.2) is 50.5 Å². The summed E-state index contributed by atoms with van der Waals surface area (Å²) < 4.78 is 20.1. The molecule has 3 rings (SSSR count). The number of aryl methyl sites for hydroxylation is 1. The molecule has 1 aliphatic rings. The van der Waals surface area contributed by atoms with E-state index in [0.717, 1.165) is 36.4 Å². The Hall–Kier alpha value is -2.07. The van der Waals surface area contributed by atoms with Crippen molar-refractivity contribution in [3.05, 3.63) is 58.9 Å². The quantitative estimate of drug-likeness (QED) is 0.254. The van der Waals surface area contributed by atoms with E-state index >= 15 is 0 Å². The molecule has 3 N–H and O–H groups in total. The molecule has 8 heteroatoms. The van der Waals surface area contributed by atoms with Crippen LogP contribution in [0.5, 0.6) is 5.75 Å². The third-order valence-corrected chi connectivity index (χ3v) is 5.76. The number of rotatable bonds is 8. The van der Waals surface area contributed by atoms with Crippen LogP contribution in [0.1, 0.15) is 36.5 Å². The molecule has 2 aromatic rings. The number of methoxy groups -OCH3 is 1. The maximum atomic E-state index is 14.7. The number of piperidine rings is 1. The first kappa shape index (κ1) is 27.2. The molecule has 1 fully saturated rings. The third-order valence-electron chi connectivity index (χ3n) is 5.76. The van der Waals surface area contributed by atoms with Crippen molar-refractivity contribution in [2.24, 2.45) is 4.99 Å². The average molecular weight is 570 g/mol. The number of nitrogens with zero attached hydrogens (tertiary/aromatic N) is 2. The topological polar surface area (TPSA) is 69.1 Å². The molecule has 182 valence electrons. The van der Waals surface area contributed by atoms with Gasteiger partial charge in [0.1, 0.15) is 11.6 Å². The molecule has 0 bridgehead atoms. The molecule has 0 aliphatic carbocycles. The monoisotopic (exact) mass is 570 g/mol. The van der Waals surface area contributed by atoms with E-state index in [0.29, 0.717) is 44.1 Å². The molecule has 0 radical (unpaired) electrons. The van der Waals surface area contributed by atoms with Crippen molar-refractivity contribution in [3.8, 4) is 5.75 Å². The number of hydrogen-bond donors (Lipinski definition) is 3. The molecule has 2 aromatic carbocycles. The largest absolute Gasteiger partial charge is 0.496 e. The Morgan fingerprint density at radius 3 is 2.55 bits per heavy atom. The predicted molar refractivity (Wildman–Crippen MR) is 144 cm³/mol. The number of ether oxygens (including phenoxy) is 1. The fourth-order valence-corrected chi connectivity index (χ4v) is 3.87. The van der Waals surface area contributed by atoms with Gasteiger partial charge >= 0.3 is 0 Å². The zero-order chi connectivity index (χ0) is 22.9. The molecule has 33 heavy (non-hydrogen) atoms. The fourth-order valence-electron chi connectivity index (χ4n) is 3.87. The van der Waals surface area contributed by atoms with Gasteiger partial charge in [0.25, 0.3) is 0 Å². The van der Waals surface area contributed by atoms with Crippen molar-refractivity contribution >= 4 is 35.6 Å². The smallest absolute Gasteiger partial charge is 0.191 e. The molecule has 0 spiro atoms. The van der Waals surface area contributed by atoms with Gasteiger partial charge in [0, 0.05) is 26.2 Å². The lowest BCUT2D eigenvalue weighted by atomic mass is 10.1. The maximum Gasteiger partial charge on any atom is 0.191 e. The lowest BCUT2D eigenvalue weighted by Crippen LogP contribution is -2.38. The molecule has 0 unspecified atom stereocenters. The number of halogens is 2. The molecule has 6 nitrogen and oxygen atoms in total. The van der Waals surface area contributed by atoms with Crippen LogP contribution in [0, 0.1) is 12.7 Å². The van der Waals surface area contributed by atoms with Gasteiger partial charge in [-0.3, -0.25) is 0 Å². The van der Waals surface area contributed by atoms with Gasteiger partial charge in [0.2, 0.25) is 0 Å². The fraction of sp³-hybridized carbons (Fsp3) is 0.480. The Balaban J connectivity index is 0.00000385. The highest BCUT2D eigenvalue weighted by atomic mass is 127. The van der Waals surface area contributed by atoms with Crippen molar-refractivity contribution < 1.29 is 14.2 Å². The van der Waals surface area contributed by atoms with Gasteiger partial charge in [-0.25, -0.2) is 9.38 Å². The number of guanidine groups is 1. The van der Waals surface area contributed by atoms with E-state index < -0.39 is 0 Å². The highest BCUT2D eigenvalue weighted by molar-refractivity contribution is 14.0. The van der Waals surface area contributed by atoms with E-state index in [2.05, 4.69) is 33.8 Å². The van der Waals surface area contributed by atoms with Crippen LogP contribution in [-0.2, 0) is 13.0 Å². The van der Waals surface area contributed by atoms with Crippen LogP contribution in [0.3, 0.4) is 0 Å². The highest BCUT2D eigenvalue weighted by Gasteiger charge is 2.19. The normalized spacial score (nSPS) is 14.6. The van der Waals surface area contributed by atoms with E-state index in [9.17, 15) is 9.50 Å². The summed E-state index contributed by atoms with van der Waals surface area (Å²) in [6.45, 7) is 7.27. The summed E-state index contributed by atoms with van der Waals surface area (Å²) in [5, 5.41) is 16.2. The number of nitrogens with one attached hydrogen (secondary N) is 2. The van der Waals surface area contributed by atoms with E-state index in [1.165, 1.54) is 5.56 Å². The molecule has 0 saturated carbocycles. The van der Waals surface area contributed by atoms with Gasteiger partial charge < -0.3 is 25.4 Å². The SMILES string of the molecule is CCNC(=NCc1ccc(N2CCC(O)CC2)c(F)c1)NCCc1ccc(C)c(OC)c1.I. The first-order valence-corrected chi connectivity index (χ1v) is 11.4. The number of hydrogen-bond acceptors (Lipinski definition) is 4. The second-order valence-electron chi connectivity index (χ2n) is 8.18. The lowest BCUT2D eigenvalue weighted by molar-refractivity contribution is 0.145. The molecular formula is C25H36FIN4O2. The minimum Gasteiger partial charge on any atom is -0.496 e. The van der Waals surface area contributed by atoms with Gasteiger partial charge in [-0.1, -0.05) is 18.2 Å². The first-order chi connectivity index (χ1) is 15.5. The summed E-state index contributed by atoms with van der Waals surface area (Å²) in [7, 11) is 1.69. The molecule has 1 heterocycles. The van der Waals surface area contributed by atoms with E-state index in [1.807, 2.05) is 30.9 Å². The zero-order valence-electron chi connectivity index (χ0n) is 19.7. The van der Waals surface area contributed by atoms with Crippen LogP contribution in [0.25, 0.3) is 0 Å². The van der Waals surface area contributed by atoms with Crippen LogP contribution >= 0.6 is 24.0 Å². The first-order valence-electron chi connectivity index (χ1n) is 11.4. The van der Waals surface area contributed by atoms with Crippen molar-refractivity contribution in [3.63, 3.8) is 0 Å². The Labute approximate surface area is 213 Å².